The first-order valence-electron chi connectivity index (χ1n) is 7.19. The van der Waals surface area contributed by atoms with Crippen molar-refractivity contribution in [3.05, 3.63) is 27.8 Å². The molecule has 0 aliphatic carbocycles. The molecule has 0 aliphatic rings. The first-order chi connectivity index (χ1) is 9.84. The third-order valence-corrected chi connectivity index (χ3v) is 4.57. The molecule has 1 heterocycles. The number of phenolic OH excluding ortho intramolecular Hbond substituents is 1. The van der Waals surface area contributed by atoms with Crippen molar-refractivity contribution in [1.82, 2.24) is 9.78 Å². The number of rotatable bonds is 2. The Balaban J connectivity index is 2.93. The van der Waals surface area contributed by atoms with E-state index in [1.807, 2.05) is 27.7 Å². The van der Waals surface area contributed by atoms with Crippen LogP contribution in [0.4, 0.5) is 0 Å². The predicted octanol–water partition coefficient (Wildman–Crippen LogP) is 0.847. The third kappa shape index (κ3) is 2.15. The minimum Gasteiger partial charge on any atom is -0.507 e. The molecule has 0 amide bonds. The standard InChI is InChI=1S/C16H20B2N2O/c1-7-20-14(12(6)16(18-17)19-20)13-10(4)8(2)9(3)11(5)15(13)21/h1,18,21H,17H2,2-6H3. The van der Waals surface area contributed by atoms with Gasteiger partial charge in [0.15, 0.2) is 0 Å². The number of aromatic hydroxyl groups is 1. The Kier molecular flexibility index (Phi) is 3.91. The number of phenols is 1. The molecule has 106 valence electrons. The molecule has 0 aliphatic heterocycles. The topological polar surface area (TPSA) is 38.0 Å². The maximum Gasteiger partial charge on any atom is 0.145 e. The monoisotopic (exact) mass is 278 g/mol. The summed E-state index contributed by atoms with van der Waals surface area (Å²) in [5.41, 5.74) is 7.90. The Labute approximate surface area is 128 Å². The second-order valence-electron chi connectivity index (χ2n) is 5.54. The normalized spacial score (nSPS) is 10.5. The van der Waals surface area contributed by atoms with Crippen LogP contribution in [-0.4, -0.2) is 29.8 Å². The van der Waals surface area contributed by atoms with Gasteiger partial charge in [-0.15, -0.1) is 0 Å². The van der Waals surface area contributed by atoms with E-state index < -0.39 is 0 Å². The van der Waals surface area contributed by atoms with Crippen LogP contribution in [0.25, 0.3) is 11.3 Å². The van der Waals surface area contributed by atoms with Gasteiger partial charge in [0.05, 0.1) is 13.4 Å². The van der Waals surface area contributed by atoms with Crippen molar-refractivity contribution in [3.63, 3.8) is 0 Å². The molecular formula is C16H20B2N2O. The van der Waals surface area contributed by atoms with Crippen molar-refractivity contribution in [2.75, 3.05) is 0 Å². The van der Waals surface area contributed by atoms with E-state index in [2.05, 4.69) is 25.8 Å². The molecule has 5 heteroatoms. The summed E-state index contributed by atoms with van der Waals surface area (Å²) in [7, 11) is 2.87. The fourth-order valence-electron chi connectivity index (χ4n) is 2.85. The molecule has 3 nitrogen and oxygen atoms in total. The number of hydrogen-bond acceptors (Lipinski definition) is 2. The number of hydrogen-bond donors (Lipinski definition) is 1. The first-order valence-corrected chi connectivity index (χ1v) is 7.19. The fraction of sp³-hybridized carbons (Fsp3) is 0.312. The SMILES string of the molecule is BBc1nn(C#C)c(-c2c(C)c(C)c(C)c(C)c2O)c1C. The number of benzene rings is 1. The van der Waals surface area contributed by atoms with Gasteiger partial charge >= 0.3 is 0 Å². The Morgan fingerprint density at radius 2 is 1.62 bits per heavy atom. The van der Waals surface area contributed by atoms with Crippen molar-refractivity contribution < 1.29 is 5.11 Å². The van der Waals surface area contributed by atoms with Gasteiger partial charge in [0, 0.05) is 17.2 Å². The summed E-state index contributed by atoms with van der Waals surface area (Å²) < 4.78 is 1.55. The van der Waals surface area contributed by atoms with E-state index in [-0.39, 0.29) is 0 Å². The van der Waals surface area contributed by atoms with Crippen LogP contribution < -0.4 is 5.59 Å². The summed E-state index contributed by atoms with van der Waals surface area (Å²) in [6.45, 7) is 10.1. The molecule has 0 unspecified atom stereocenters. The minimum atomic E-state index is 0.303. The van der Waals surface area contributed by atoms with Crippen LogP contribution in [0.1, 0.15) is 27.8 Å². The summed E-state index contributed by atoms with van der Waals surface area (Å²) in [6, 6.07) is 2.59. The lowest BCUT2D eigenvalue weighted by molar-refractivity contribution is 0.471. The molecule has 0 radical (unpaired) electrons. The van der Waals surface area contributed by atoms with Crippen LogP contribution in [0.5, 0.6) is 5.75 Å². The average molecular weight is 278 g/mol. The van der Waals surface area contributed by atoms with Gasteiger partial charge < -0.3 is 5.11 Å². The summed E-state index contributed by atoms with van der Waals surface area (Å²) in [6.07, 6.45) is 5.60. The third-order valence-electron chi connectivity index (χ3n) is 4.57. The van der Waals surface area contributed by atoms with Crippen LogP contribution in [0.3, 0.4) is 0 Å². The van der Waals surface area contributed by atoms with E-state index in [0.29, 0.717) is 5.75 Å². The largest absolute Gasteiger partial charge is 0.507 e. The highest BCUT2D eigenvalue weighted by atomic mass is 16.3. The highest BCUT2D eigenvalue weighted by Crippen LogP contribution is 2.39. The molecule has 0 bridgehead atoms. The lowest BCUT2D eigenvalue weighted by Crippen LogP contribution is -2.19. The molecule has 2 rings (SSSR count). The van der Waals surface area contributed by atoms with Crippen LogP contribution >= 0.6 is 0 Å². The maximum absolute atomic E-state index is 10.7. The second-order valence-corrected chi connectivity index (χ2v) is 5.54. The van der Waals surface area contributed by atoms with E-state index in [0.717, 1.165) is 46.3 Å². The Morgan fingerprint density at radius 1 is 1.05 bits per heavy atom. The number of terminal acetylenes is 1. The highest BCUT2D eigenvalue weighted by molar-refractivity contribution is 6.97. The Morgan fingerprint density at radius 3 is 2.14 bits per heavy atom. The molecule has 1 aromatic heterocycles. The van der Waals surface area contributed by atoms with E-state index in [4.69, 9.17) is 6.42 Å². The lowest BCUT2D eigenvalue weighted by atomic mass is 9.52. The van der Waals surface area contributed by atoms with E-state index in [9.17, 15) is 5.11 Å². The summed E-state index contributed by atoms with van der Waals surface area (Å²) in [4.78, 5) is 0. The van der Waals surface area contributed by atoms with Crippen molar-refractivity contribution >= 4 is 20.5 Å². The minimum absolute atomic E-state index is 0.303. The number of aromatic nitrogens is 2. The molecule has 0 fully saturated rings. The van der Waals surface area contributed by atoms with Gasteiger partial charge in [-0.05, 0) is 62.4 Å². The molecule has 21 heavy (non-hydrogen) atoms. The predicted molar refractivity (Wildman–Crippen MR) is 92.6 cm³/mol. The molecular weight excluding hydrogens is 258 g/mol. The molecule has 0 atom stereocenters. The van der Waals surface area contributed by atoms with Crippen molar-refractivity contribution in [2.45, 2.75) is 34.6 Å². The van der Waals surface area contributed by atoms with Gasteiger partial charge in [0.1, 0.15) is 12.9 Å². The van der Waals surface area contributed by atoms with Crippen LogP contribution in [0.2, 0.25) is 0 Å². The van der Waals surface area contributed by atoms with Gasteiger partial charge in [0.2, 0.25) is 0 Å². The molecule has 2 aromatic rings. The molecule has 0 saturated carbocycles. The average Bonchev–Trinajstić information content (AvgIpc) is 2.80. The lowest BCUT2D eigenvalue weighted by Gasteiger charge is -2.17. The zero-order valence-corrected chi connectivity index (χ0v) is 13.6. The van der Waals surface area contributed by atoms with Gasteiger partial charge in [0.25, 0.3) is 0 Å². The quantitative estimate of drug-likeness (QED) is 0.653. The molecule has 1 aromatic carbocycles. The molecule has 0 spiro atoms. The Hall–Kier alpha value is -2.08. The highest BCUT2D eigenvalue weighted by Gasteiger charge is 2.22. The van der Waals surface area contributed by atoms with Gasteiger partial charge in [-0.25, -0.2) is 0 Å². The smallest absolute Gasteiger partial charge is 0.145 e. The molecule has 0 saturated heterocycles. The van der Waals surface area contributed by atoms with E-state index in [1.165, 1.54) is 5.56 Å². The van der Waals surface area contributed by atoms with Crippen LogP contribution in [-0.2, 0) is 0 Å². The van der Waals surface area contributed by atoms with Gasteiger partial charge in [-0.3, -0.25) is 0 Å². The van der Waals surface area contributed by atoms with E-state index in [1.54, 1.807) is 4.68 Å². The number of nitrogens with zero attached hydrogens (tertiary/aromatic N) is 2. The van der Waals surface area contributed by atoms with Crippen molar-refractivity contribution in [1.29, 1.82) is 0 Å². The summed E-state index contributed by atoms with van der Waals surface area (Å²) >= 11 is 0. The van der Waals surface area contributed by atoms with Gasteiger partial charge in [-0.1, -0.05) is 6.42 Å². The van der Waals surface area contributed by atoms with Crippen molar-refractivity contribution in [2.24, 2.45) is 0 Å². The second kappa shape index (κ2) is 5.37. The van der Waals surface area contributed by atoms with Crippen molar-refractivity contribution in [3.8, 4) is 29.5 Å². The summed E-state index contributed by atoms with van der Waals surface area (Å²) in [5, 5.41) is 15.1. The first kappa shape index (κ1) is 15.3. The van der Waals surface area contributed by atoms with Crippen LogP contribution in [0.15, 0.2) is 0 Å². The van der Waals surface area contributed by atoms with E-state index >= 15 is 0 Å². The summed E-state index contributed by atoms with van der Waals surface area (Å²) in [5.74, 6) is 0.303. The fourth-order valence-corrected chi connectivity index (χ4v) is 2.85. The Bertz CT molecular complexity index is 741. The maximum atomic E-state index is 10.7. The van der Waals surface area contributed by atoms with Crippen LogP contribution in [0, 0.1) is 47.1 Å². The zero-order chi connectivity index (χ0) is 15.9. The molecule has 1 N–H and O–H groups in total. The zero-order valence-electron chi connectivity index (χ0n) is 13.6. The van der Waals surface area contributed by atoms with Gasteiger partial charge in [-0.2, -0.15) is 9.78 Å².